The lowest BCUT2D eigenvalue weighted by Gasteiger charge is -2.28. The number of hydrogen-bond acceptors (Lipinski definition) is 2. The van der Waals surface area contributed by atoms with Crippen molar-refractivity contribution in [2.45, 2.75) is 59.5 Å². The van der Waals surface area contributed by atoms with E-state index in [0.29, 0.717) is 17.5 Å². The maximum atomic E-state index is 5.72. The topological polar surface area (TPSA) is 38.0 Å². The van der Waals surface area contributed by atoms with Crippen LogP contribution in [0.25, 0.3) is 0 Å². The van der Waals surface area contributed by atoms with Crippen molar-refractivity contribution in [2.24, 2.45) is 11.1 Å². The third-order valence-corrected chi connectivity index (χ3v) is 2.28. The van der Waals surface area contributed by atoms with Gasteiger partial charge in [-0.3, -0.25) is 0 Å². The first-order chi connectivity index (χ1) is 5.89. The van der Waals surface area contributed by atoms with Gasteiger partial charge in [0.25, 0.3) is 0 Å². The molecule has 0 aliphatic heterocycles. The summed E-state index contributed by atoms with van der Waals surface area (Å²) >= 11 is 0. The van der Waals surface area contributed by atoms with Gasteiger partial charge in [-0.2, -0.15) is 0 Å². The minimum Gasteiger partial charge on any atom is -0.329 e. The summed E-state index contributed by atoms with van der Waals surface area (Å²) in [5, 5.41) is 3.55. The molecule has 0 saturated carbocycles. The van der Waals surface area contributed by atoms with Crippen LogP contribution in [-0.2, 0) is 0 Å². The van der Waals surface area contributed by atoms with Crippen LogP contribution in [0.3, 0.4) is 0 Å². The van der Waals surface area contributed by atoms with E-state index in [4.69, 9.17) is 5.73 Å². The number of nitrogens with one attached hydrogen (secondary N) is 1. The highest BCUT2D eigenvalue weighted by Crippen LogP contribution is 2.20. The smallest absolute Gasteiger partial charge is 0.0197 e. The molecule has 0 aromatic rings. The van der Waals surface area contributed by atoms with E-state index in [0.717, 1.165) is 13.0 Å². The molecule has 13 heavy (non-hydrogen) atoms. The summed E-state index contributed by atoms with van der Waals surface area (Å²) < 4.78 is 0. The largest absolute Gasteiger partial charge is 0.329 e. The Balaban J connectivity index is 3.89. The summed E-state index contributed by atoms with van der Waals surface area (Å²) in [6.07, 6.45) is 2.31. The van der Waals surface area contributed by atoms with Gasteiger partial charge in [-0.25, -0.2) is 0 Å². The molecule has 0 bridgehead atoms. The molecule has 0 aliphatic carbocycles. The summed E-state index contributed by atoms with van der Waals surface area (Å²) in [6.45, 7) is 11.9. The van der Waals surface area contributed by atoms with Crippen molar-refractivity contribution >= 4 is 0 Å². The van der Waals surface area contributed by atoms with Crippen molar-refractivity contribution in [3.63, 3.8) is 0 Å². The Morgan fingerprint density at radius 3 is 2.15 bits per heavy atom. The van der Waals surface area contributed by atoms with Crippen LogP contribution in [0.5, 0.6) is 0 Å². The Kier molecular flexibility index (Phi) is 5.57. The van der Waals surface area contributed by atoms with Crippen LogP contribution in [-0.4, -0.2) is 18.6 Å². The molecule has 0 amide bonds. The normalized spacial score (nSPS) is 17.1. The van der Waals surface area contributed by atoms with Gasteiger partial charge in [-0.1, -0.05) is 27.7 Å². The van der Waals surface area contributed by atoms with Crippen molar-refractivity contribution < 1.29 is 0 Å². The van der Waals surface area contributed by atoms with Crippen LogP contribution in [0.1, 0.15) is 47.5 Å². The van der Waals surface area contributed by atoms with E-state index in [1.165, 1.54) is 6.42 Å². The molecule has 3 N–H and O–H groups in total. The molecular formula is C11H26N2. The first kappa shape index (κ1) is 12.9. The summed E-state index contributed by atoms with van der Waals surface area (Å²) in [5.74, 6) is 0. The van der Waals surface area contributed by atoms with Gasteiger partial charge in [0.1, 0.15) is 0 Å². The van der Waals surface area contributed by atoms with E-state index in [1.54, 1.807) is 0 Å². The van der Waals surface area contributed by atoms with E-state index < -0.39 is 0 Å². The van der Waals surface area contributed by atoms with Crippen LogP contribution in [0, 0.1) is 5.41 Å². The molecule has 0 aromatic carbocycles. The summed E-state index contributed by atoms with van der Waals surface area (Å²) in [7, 11) is 0. The summed E-state index contributed by atoms with van der Waals surface area (Å²) in [5.41, 5.74) is 6.09. The van der Waals surface area contributed by atoms with Crippen LogP contribution >= 0.6 is 0 Å². The predicted octanol–water partition coefficient (Wildman–Crippen LogP) is 2.14. The highest BCUT2D eigenvalue weighted by Gasteiger charge is 2.18. The monoisotopic (exact) mass is 186 g/mol. The van der Waals surface area contributed by atoms with E-state index >= 15 is 0 Å². The lowest BCUT2D eigenvalue weighted by atomic mass is 9.88. The lowest BCUT2D eigenvalue weighted by Crippen LogP contribution is -2.43. The number of rotatable bonds is 5. The highest BCUT2D eigenvalue weighted by atomic mass is 15.0. The van der Waals surface area contributed by atoms with Gasteiger partial charge in [-0.15, -0.1) is 0 Å². The van der Waals surface area contributed by atoms with Crippen molar-refractivity contribution in [3.8, 4) is 0 Å². The fraction of sp³-hybridized carbons (Fsp3) is 1.00. The molecule has 0 saturated heterocycles. The Morgan fingerprint density at radius 2 is 1.85 bits per heavy atom. The van der Waals surface area contributed by atoms with E-state index in [2.05, 4.69) is 39.9 Å². The van der Waals surface area contributed by atoms with Gasteiger partial charge in [-0.05, 0) is 25.2 Å². The standard InChI is InChI=1S/C11H26N2/c1-6-9(2)13-10(8-12)7-11(3,4)5/h9-10,13H,6-8,12H2,1-5H3. The zero-order chi connectivity index (χ0) is 10.5. The lowest BCUT2D eigenvalue weighted by molar-refractivity contribution is 0.295. The number of nitrogens with two attached hydrogens (primary N) is 1. The summed E-state index contributed by atoms with van der Waals surface area (Å²) in [6, 6.07) is 1.05. The number of hydrogen-bond donors (Lipinski definition) is 2. The van der Waals surface area contributed by atoms with Gasteiger partial charge in [0, 0.05) is 18.6 Å². The summed E-state index contributed by atoms with van der Waals surface area (Å²) in [4.78, 5) is 0. The Morgan fingerprint density at radius 1 is 1.31 bits per heavy atom. The second-order valence-corrected chi connectivity index (χ2v) is 5.17. The van der Waals surface area contributed by atoms with Crippen molar-refractivity contribution in [2.75, 3.05) is 6.54 Å². The SMILES string of the molecule is CCC(C)NC(CN)CC(C)(C)C. The molecular weight excluding hydrogens is 160 g/mol. The maximum absolute atomic E-state index is 5.72. The fourth-order valence-electron chi connectivity index (χ4n) is 1.47. The maximum Gasteiger partial charge on any atom is 0.0197 e. The van der Waals surface area contributed by atoms with Gasteiger partial charge < -0.3 is 11.1 Å². The first-order valence-corrected chi connectivity index (χ1v) is 5.35. The molecule has 0 spiro atoms. The highest BCUT2D eigenvalue weighted by molar-refractivity contribution is 4.77. The molecule has 2 nitrogen and oxygen atoms in total. The minimum atomic E-state index is 0.366. The molecule has 2 atom stereocenters. The predicted molar refractivity (Wildman–Crippen MR) is 59.8 cm³/mol. The van der Waals surface area contributed by atoms with Crippen LogP contribution < -0.4 is 11.1 Å². The van der Waals surface area contributed by atoms with E-state index in [1.807, 2.05) is 0 Å². The van der Waals surface area contributed by atoms with Gasteiger partial charge in [0.2, 0.25) is 0 Å². The van der Waals surface area contributed by atoms with Crippen molar-refractivity contribution in [1.82, 2.24) is 5.32 Å². The third-order valence-electron chi connectivity index (χ3n) is 2.28. The molecule has 0 radical (unpaired) electrons. The van der Waals surface area contributed by atoms with E-state index in [-0.39, 0.29) is 0 Å². The van der Waals surface area contributed by atoms with Crippen LogP contribution in [0.2, 0.25) is 0 Å². The third kappa shape index (κ3) is 7.03. The quantitative estimate of drug-likeness (QED) is 0.690. The molecule has 0 aliphatic rings. The van der Waals surface area contributed by atoms with Gasteiger partial charge >= 0.3 is 0 Å². The zero-order valence-corrected chi connectivity index (χ0v) is 9.85. The zero-order valence-electron chi connectivity index (χ0n) is 9.85. The molecule has 0 fully saturated rings. The molecule has 80 valence electrons. The molecule has 2 heteroatoms. The Labute approximate surface area is 83.3 Å². The average molecular weight is 186 g/mol. The first-order valence-electron chi connectivity index (χ1n) is 5.35. The second-order valence-electron chi connectivity index (χ2n) is 5.17. The van der Waals surface area contributed by atoms with Crippen molar-refractivity contribution in [1.29, 1.82) is 0 Å². The molecule has 0 aromatic heterocycles. The molecule has 2 unspecified atom stereocenters. The van der Waals surface area contributed by atoms with E-state index in [9.17, 15) is 0 Å². The molecule has 0 heterocycles. The average Bonchev–Trinajstić information content (AvgIpc) is 2.00. The van der Waals surface area contributed by atoms with Gasteiger partial charge in [0.05, 0.1) is 0 Å². The Hall–Kier alpha value is -0.0800. The minimum absolute atomic E-state index is 0.366. The van der Waals surface area contributed by atoms with Crippen molar-refractivity contribution in [3.05, 3.63) is 0 Å². The fourth-order valence-corrected chi connectivity index (χ4v) is 1.47. The Bertz CT molecular complexity index is 127. The molecule has 0 rings (SSSR count). The second kappa shape index (κ2) is 5.61. The van der Waals surface area contributed by atoms with Gasteiger partial charge in [0.15, 0.2) is 0 Å². The van der Waals surface area contributed by atoms with Crippen LogP contribution in [0.15, 0.2) is 0 Å². The van der Waals surface area contributed by atoms with Crippen LogP contribution in [0.4, 0.5) is 0 Å².